The number of hydrogen-bond acceptors (Lipinski definition) is 0. The topological polar surface area (TPSA) is 0 Å². The lowest BCUT2D eigenvalue weighted by molar-refractivity contribution is 0.611. The molecule has 0 aromatic rings. The van der Waals surface area contributed by atoms with E-state index < -0.39 is 0 Å². The van der Waals surface area contributed by atoms with Crippen LogP contribution in [0.1, 0.15) is 52.9 Å². The highest BCUT2D eigenvalue weighted by Gasteiger charge is 1.99. The predicted octanol–water partition coefficient (Wildman–Crippen LogP) is 5.28. The summed E-state index contributed by atoms with van der Waals surface area (Å²) >= 11 is 0. The molecule has 0 nitrogen and oxygen atoms in total. The summed E-state index contributed by atoms with van der Waals surface area (Å²) in [5.74, 6) is 0.673. The van der Waals surface area contributed by atoms with Crippen LogP contribution in [0.5, 0.6) is 0 Å². The Morgan fingerprint density at radius 2 is 1.33 bits per heavy atom. The molecule has 0 radical (unpaired) electrons. The van der Waals surface area contributed by atoms with Crippen molar-refractivity contribution in [3.05, 3.63) is 36.5 Å². The quantitative estimate of drug-likeness (QED) is 0.549. The third-order valence-corrected chi connectivity index (χ3v) is 2.19. The lowest BCUT2D eigenvalue weighted by atomic mass is 10.0. The van der Waals surface area contributed by atoms with Gasteiger partial charge in [0, 0.05) is 0 Å². The van der Waals surface area contributed by atoms with Crippen molar-refractivity contribution in [1.29, 1.82) is 0 Å². The Morgan fingerprint density at radius 1 is 0.800 bits per heavy atom. The molecule has 0 spiro atoms. The molecule has 0 aliphatic heterocycles. The maximum Gasteiger partial charge on any atom is -0.00473 e. The second kappa shape index (κ2) is 11.3. The molecular weight excluding hydrogens is 180 g/mol. The van der Waals surface area contributed by atoms with Crippen LogP contribution in [-0.4, -0.2) is 0 Å². The van der Waals surface area contributed by atoms with Crippen LogP contribution in [0.3, 0.4) is 0 Å². The van der Waals surface area contributed by atoms with Gasteiger partial charge in [-0.3, -0.25) is 0 Å². The molecule has 0 aromatic heterocycles. The summed E-state index contributed by atoms with van der Waals surface area (Å²) in [6, 6.07) is 0. The number of rotatable bonds is 4. The Hall–Kier alpha value is -0.780. The van der Waals surface area contributed by atoms with Gasteiger partial charge in [-0.1, -0.05) is 82.9 Å². The summed E-state index contributed by atoms with van der Waals surface area (Å²) in [7, 11) is 0. The molecule has 0 heteroatoms. The fourth-order valence-corrected chi connectivity index (χ4v) is 1.43. The van der Waals surface area contributed by atoms with E-state index >= 15 is 0 Å². The normalized spacial score (nSPS) is 14.6. The van der Waals surface area contributed by atoms with Crippen LogP contribution in [0.4, 0.5) is 0 Å². The van der Waals surface area contributed by atoms with Crippen LogP contribution in [-0.2, 0) is 0 Å². The average Bonchev–Trinajstić information content (AvgIpc) is 2.48. The van der Waals surface area contributed by atoms with E-state index in [1.54, 1.807) is 0 Å². The van der Waals surface area contributed by atoms with E-state index in [-0.39, 0.29) is 0 Å². The first-order valence-electron chi connectivity index (χ1n) is 6.36. The van der Waals surface area contributed by atoms with Crippen molar-refractivity contribution < 1.29 is 0 Å². The fraction of sp³-hybridized carbons (Fsp3) is 0.600. The summed E-state index contributed by atoms with van der Waals surface area (Å²) < 4.78 is 0. The Balaban J connectivity index is 0.000000583. The minimum Gasteiger partial charge on any atom is -0.0776 e. The summed E-state index contributed by atoms with van der Waals surface area (Å²) in [5.41, 5.74) is 0. The maximum absolute atomic E-state index is 2.29. The molecule has 0 fully saturated rings. The first kappa shape index (κ1) is 14.2. The Bertz CT molecular complexity index is 180. The molecule has 1 aliphatic carbocycles. The van der Waals surface area contributed by atoms with Crippen molar-refractivity contribution in [2.75, 3.05) is 0 Å². The van der Waals surface area contributed by atoms with E-state index in [4.69, 9.17) is 0 Å². The van der Waals surface area contributed by atoms with Crippen LogP contribution in [0.15, 0.2) is 36.5 Å². The zero-order valence-corrected chi connectivity index (χ0v) is 10.6. The van der Waals surface area contributed by atoms with E-state index in [1.807, 2.05) is 0 Å². The van der Waals surface area contributed by atoms with Gasteiger partial charge in [0.2, 0.25) is 0 Å². The van der Waals surface area contributed by atoms with Crippen LogP contribution < -0.4 is 0 Å². The molecule has 0 bridgehead atoms. The molecule has 0 amide bonds. The van der Waals surface area contributed by atoms with Gasteiger partial charge in [-0.15, -0.1) is 0 Å². The van der Waals surface area contributed by atoms with Crippen LogP contribution >= 0.6 is 0 Å². The molecule has 0 heterocycles. The average molecular weight is 206 g/mol. The Morgan fingerprint density at radius 3 is 1.80 bits per heavy atom. The van der Waals surface area contributed by atoms with Gasteiger partial charge in [-0.05, 0) is 12.3 Å². The molecule has 0 aromatic carbocycles. The van der Waals surface area contributed by atoms with Gasteiger partial charge in [-0.2, -0.15) is 0 Å². The largest absolute Gasteiger partial charge is 0.0776 e. The Kier molecular flexibility index (Phi) is 10.7. The molecule has 1 aliphatic rings. The molecular formula is C15H26. The van der Waals surface area contributed by atoms with E-state index in [1.165, 1.54) is 32.1 Å². The minimum absolute atomic E-state index is 0.673. The van der Waals surface area contributed by atoms with Gasteiger partial charge in [0.25, 0.3) is 0 Å². The monoisotopic (exact) mass is 206 g/mol. The van der Waals surface area contributed by atoms with Gasteiger partial charge in [0.1, 0.15) is 0 Å². The zero-order valence-electron chi connectivity index (χ0n) is 10.6. The molecule has 0 unspecified atom stereocenters. The third-order valence-electron chi connectivity index (χ3n) is 2.19. The third kappa shape index (κ3) is 9.52. The SMILES string of the molecule is CCC.CCCCCC1C=CC=CC=C1. The van der Waals surface area contributed by atoms with E-state index in [0.717, 1.165) is 0 Å². The first-order valence-corrected chi connectivity index (χ1v) is 6.36. The van der Waals surface area contributed by atoms with Gasteiger partial charge in [0.15, 0.2) is 0 Å². The van der Waals surface area contributed by atoms with Crippen molar-refractivity contribution in [1.82, 2.24) is 0 Å². The standard InChI is InChI=1S/C12H18.C3H8/c1-2-3-6-9-12-10-7-4-5-8-11-12;1-3-2/h4-5,7-8,10-12H,2-3,6,9H2,1H3;3H2,1-2H3. The lowest BCUT2D eigenvalue weighted by Gasteiger charge is -2.05. The van der Waals surface area contributed by atoms with E-state index in [9.17, 15) is 0 Å². The second-order valence-corrected chi connectivity index (χ2v) is 4.02. The van der Waals surface area contributed by atoms with Crippen molar-refractivity contribution in [3.8, 4) is 0 Å². The van der Waals surface area contributed by atoms with Crippen molar-refractivity contribution in [2.45, 2.75) is 52.9 Å². The first-order chi connectivity index (χ1) is 7.35. The summed E-state index contributed by atoms with van der Waals surface area (Å²) in [6.07, 6.45) is 19.7. The molecule has 0 saturated carbocycles. The van der Waals surface area contributed by atoms with E-state index in [0.29, 0.717) is 5.92 Å². The number of allylic oxidation sites excluding steroid dienone is 6. The summed E-state index contributed by atoms with van der Waals surface area (Å²) in [6.45, 7) is 6.50. The smallest absolute Gasteiger partial charge is 0.00473 e. The zero-order chi connectivity index (χ0) is 11.4. The van der Waals surface area contributed by atoms with Crippen LogP contribution in [0.25, 0.3) is 0 Å². The van der Waals surface area contributed by atoms with Gasteiger partial charge >= 0.3 is 0 Å². The van der Waals surface area contributed by atoms with Crippen molar-refractivity contribution >= 4 is 0 Å². The number of unbranched alkanes of at least 4 members (excludes halogenated alkanes) is 2. The van der Waals surface area contributed by atoms with Gasteiger partial charge in [0.05, 0.1) is 0 Å². The maximum atomic E-state index is 2.29. The Labute approximate surface area is 95.8 Å². The minimum atomic E-state index is 0.673. The summed E-state index contributed by atoms with van der Waals surface area (Å²) in [4.78, 5) is 0. The van der Waals surface area contributed by atoms with Gasteiger partial charge < -0.3 is 0 Å². The van der Waals surface area contributed by atoms with E-state index in [2.05, 4.69) is 57.2 Å². The predicted molar refractivity (Wildman–Crippen MR) is 71.0 cm³/mol. The molecule has 0 atom stereocenters. The molecule has 15 heavy (non-hydrogen) atoms. The van der Waals surface area contributed by atoms with Gasteiger partial charge in [-0.25, -0.2) is 0 Å². The molecule has 86 valence electrons. The van der Waals surface area contributed by atoms with Crippen molar-refractivity contribution in [2.24, 2.45) is 5.92 Å². The van der Waals surface area contributed by atoms with Crippen molar-refractivity contribution in [3.63, 3.8) is 0 Å². The molecule has 1 rings (SSSR count). The number of hydrogen-bond donors (Lipinski definition) is 0. The second-order valence-electron chi connectivity index (χ2n) is 4.02. The fourth-order valence-electron chi connectivity index (χ4n) is 1.43. The van der Waals surface area contributed by atoms with Crippen LogP contribution in [0, 0.1) is 5.92 Å². The highest BCUT2D eigenvalue weighted by molar-refractivity contribution is 5.19. The highest BCUT2D eigenvalue weighted by Crippen LogP contribution is 2.14. The summed E-state index contributed by atoms with van der Waals surface area (Å²) in [5, 5.41) is 0. The molecule has 0 saturated heterocycles. The highest BCUT2D eigenvalue weighted by atomic mass is 14.0. The molecule has 0 N–H and O–H groups in total. The lowest BCUT2D eigenvalue weighted by Crippen LogP contribution is -1.90. The van der Waals surface area contributed by atoms with Crippen LogP contribution in [0.2, 0.25) is 0 Å².